The Bertz CT molecular complexity index is 1170. The topological polar surface area (TPSA) is 108 Å². The van der Waals surface area contributed by atoms with E-state index >= 15 is 0 Å². The molecule has 3 rings (SSSR count). The Morgan fingerprint density at radius 2 is 2.06 bits per heavy atom. The minimum Gasteiger partial charge on any atom is -0.490 e. The molecule has 0 bridgehead atoms. The van der Waals surface area contributed by atoms with Gasteiger partial charge in [-0.2, -0.15) is 0 Å². The van der Waals surface area contributed by atoms with Crippen molar-refractivity contribution < 1.29 is 28.7 Å². The van der Waals surface area contributed by atoms with Crippen molar-refractivity contribution in [2.75, 3.05) is 25.2 Å². The molecule has 0 spiro atoms. The van der Waals surface area contributed by atoms with Gasteiger partial charge in [-0.3, -0.25) is 19.8 Å². The Morgan fingerprint density at radius 3 is 2.73 bits per heavy atom. The Balaban J connectivity index is 1.92. The number of anilines is 1. The van der Waals surface area contributed by atoms with Gasteiger partial charge >= 0.3 is 5.97 Å². The van der Waals surface area contributed by atoms with Crippen LogP contribution in [0.3, 0.4) is 0 Å². The average Bonchev–Trinajstić information content (AvgIpc) is 3.05. The SMILES string of the molecule is CCOc1cc(/C=C2\SC(=S)N(c3cccc([N+](=O)[O-])c3)C2=O)cc(I)c1OCC(=O)OC. The second-order valence-corrected chi connectivity index (χ2v) is 9.26. The number of halogens is 1. The summed E-state index contributed by atoms with van der Waals surface area (Å²) in [6, 6.07) is 9.20. The molecule has 2 aromatic rings. The number of nitro benzene ring substituents is 1. The summed E-state index contributed by atoms with van der Waals surface area (Å²) in [5, 5.41) is 11.1. The molecule has 0 aromatic heterocycles. The molecular formula is C21H17IN2O7S2. The van der Waals surface area contributed by atoms with Crippen molar-refractivity contribution in [1.29, 1.82) is 0 Å². The van der Waals surface area contributed by atoms with Gasteiger partial charge in [0.05, 0.1) is 32.8 Å². The number of thioether (sulfide) groups is 1. The summed E-state index contributed by atoms with van der Waals surface area (Å²) in [6.45, 7) is 1.91. The van der Waals surface area contributed by atoms with Crippen LogP contribution in [-0.4, -0.2) is 41.4 Å². The molecule has 0 N–H and O–H groups in total. The molecule has 0 aliphatic carbocycles. The van der Waals surface area contributed by atoms with E-state index in [1.54, 1.807) is 24.3 Å². The lowest BCUT2D eigenvalue weighted by molar-refractivity contribution is -0.384. The van der Waals surface area contributed by atoms with Crippen molar-refractivity contribution in [3.63, 3.8) is 0 Å². The zero-order valence-electron chi connectivity index (χ0n) is 17.4. The molecule has 0 saturated carbocycles. The van der Waals surface area contributed by atoms with Gasteiger partial charge in [0.25, 0.3) is 11.6 Å². The molecule has 1 aliphatic rings. The van der Waals surface area contributed by atoms with Gasteiger partial charge in [-0.1, -0.05) is 30.0 Å². The van der Waals surface area contributed by atoms with Crippen LogP contribution in [0.25, 0.3) is 6.08 Å². The summed E-state index contributed by atoms with van der Waals surface area (Å²) < 4.78 is 16.8. The van der Waals surface area contributed by atoms with Crippen molar-refractivity contribution in [3.8, 4) is 11.5 Å². The van der Waals surface area contributed by atoms with Crippen molar-refractivity contribution in [2.45, 2.75) is 6.92 Å². The molecule has 9 nitrogen and oxygen atoms in total. The fraction of sp³-hybridized carbons (Fsp3) is 0.190. The standard InChI is InChI=1S/C21H17IN2O7S2/c1-3-30-16-8-12(7-15(22)19(16)31-11-18(25)29-2)9-17-20(26)23(21(32)33-17)13-5-4-6-14(10-13)24(27)28/h4-10H,3,11H2,1-2H3/b17-9-. The third kappa shape index (κ3) is 5.81. The number of nitro groups is 1. The lowest BCUT2D eigenvalue weighted by Gasteiger charge is -2.14. The number of nitrogens with zero attached hydrogens (tertiary/aromatic N) is 2. The molecule has 1 saturated heterocycles. The van der Waals surface area contributed by atoms with Crippen LogP contribution in [0.1, 0.15) is 12.5 Å². The molecule has 0 atom stereocenters. The first-order valence-electron chi connectivity index (χ1n) is 9.43. The predicted octanol–water partition coefficient (Wildman–Crippen LogP) is 4.56. The first-order chi connectivity index (χ1) is 15.7. The van der Waals surface area contributed by atoms with E-state index < -0.39 is 10.9 Å². The van der Waals surface area contributed by atoms with Crippen LogP contribution < -0.4 is 14.4 Å². The first-order valence-corrected chi connectivity index (χ1v) is 11.7. The number of ether oxygens (including phenoxy) is 3. The van der Waals surface area contributed by atoms with Crippen LogP contribution >= 0.6 is 46.6 Å². The number of thiocarbonyl (C=S) groups is 1. The third-order valence-electron chi connectivity index (χ3n) is 4.28. The zero-order valence-corrected chi connectivity index (χ0v) is 21.2. The lowest BCUT2D eigenvalue weighted by Crippen LogP contribution is -2.27. The molecule has 172 valence electrons. The van der Waals surface area contributed by atoms with Crippen LogP contribution in [0.2, 0.25) is 0 Å². The molecule has 1 heterocycles. The molecule has 1 aliphatic heterocycles. The van der Waals surface area contributed by atoms with Gasteiger partial charge in [0, 0.05) is 12.1 Å². The summed E-state index contributed by atoms with van der Waals surface area (Å²) >= 11 is 8.50. The molecule has 12 heteroatoms. The molecule has 1 fully saturated rings. The van der Waals surface area contributed by atoms with Crippen LogP contribution in [0.15, 0.2) is 41.3 Å². The normalized spacial score (nSPS) is 14.5. The second-order valence-electron chi connectivity index (χ2n) is 6.42. The van der Waals surface area contributed by atoms with E-state index in [0.29, 0.717) is 37.8 Å². The maximum absolute atomic E-state index is 13.0. The van der Waals surface area contributed by atoms with Gasteiger partial charge in [-0.05, 0) is 59.4 Å². The molecule has 0 radical (unpaired) electrons. The Hall–Kier alpha value is -2.71. The molecule has 1 amide bonds. The smallest absolute Gasteiger partial charge is 0.343 e. The number of hydrogen-bond acceptors (Lipinski definition) is 9. The number of methoxy groups -OCH3 is 1. The van der Waals surface area contributed by atoms with E-state index in [-0.39, 0.29) is 22.5 Å². The Kier molecular flexibility index (Phi) is 8.26. The van der Waals surface area contributed by atoms with Crippen molar-refractivity contribution in [3.05, 3.63) is 60.6 Å². The number of amides is 1. The molecular weight excluding hydrogens is 583 g/mol. The number of rotatable bonds is 8. The summed E-state index contributed by atoms with van der Waals surface area (Å²) in [5.41, 5.74) is 0.850. The van der Waals surface area contributed by atoms with Crippen molar-refractivity contribution >= 4 is 80.2 Å². The monoisotopic (exact) mass is 600 g/mol. The molecule has 33 heavy (non-hydrogen) atoms. The van der Waals surface area contributed by atoms with E-state index in [1.807, 2.05) is 6.92 Å². The van der Waals surface area contributed by atoms with E-state index in [1.165, 1.54) is 30.2 Å². The van der Waals surface area contributed by atoms with Gasteiger partial charge in [0.1, 0.15) is 0 Å². The van der Waals surface area contributed by atoms with Crippen LogP contribution in [0.4, 0.5) is 11.4 Å². The second kappa shape index (κ2) is 10.9. The highest BCUT2D eigenvalue weighted by Gasteiger charge is 2.34. The van der Waals surface area contributed by atoms with Crippen molar-refractivity contribution in [1.82, 2.24) is 0 Å². The number of esters is 1. The van der Waals surface area contributed by atoms with Crippen molar-refractivity contribution in [2.24, 2.45) is 0 Å². The maximum atomic E-state index is 13.0. The highest BCUT2D eigenvalue weighted by molar-refractivity contribution is 14.1. The van der Waals surface area contributed by atoms with Gasteiger partial charge in [0.15, 0.2) is 22.4 Å². The summed E-state index contributed by atoms with van der Waals surface area (Å²) in [7, 11) is 1.27. The Morgan fingerprint density at radius 1 is 1.30 bits per heavy atom. The highest BCUT2D eigenvalue weighted by atomic mass is 127. The largest absolute Gasteiger partial charge is 0.490 e. The fourth-order valence-corrected chi connectivity index (χ4v) is 4.93. The predicted molar refractivity (Wildman–Crippen MR) is 137 cm³/mol. The minimum absolute atomic E-state index is 0.135. The van der Waals surface area contributed by atoms with E-state index in [0.717, 1.165) is 11.8 Å². The summed E-state index contributed by atoms with van der Waals surface area (Å²) in [6.07, 6.45) is 1.66. The first kappa shape index (κ1) is 24.9. The Labute approximate surface area is 212 Å². The van der Waals surface area contributed by atoms with Gasteiger partial charge in [0.2, 0.25) is 0 Å². The lowest BCUT2D eigenvalue weighted by atomic mass is 10.1. The zero-order chi connectivity index (χ0) is 24.1. The number of carbonyl (C=O) groups excluding carboxylic acids is 2. The van der Waals surface area contributed by atoms with Crippen LogP contribution in [0, 0.1) is 13.7 Å². The maximum Gasteiger partial charge on any atom is 0.343 e. The van der Waals surface area contributed by atoms with E-state index in [2.05, 4.69) is 27.3 Å². The van der Waals surface area contributed by atoms with Crippen LogP contribution in [-0.2, 0) is 14.3 Å². The molecule has 0 unspecified atom stereocenters. The number of benzene rings is 2. The van der Waals surface area contributed by atoms with E-state index in [4.69, 9.17) is 21.7 Å². The third-order valence-corrected chi connectivity index (χ3v) is 6.39. The number of non-ortho nitro benzene ring substituents is 1. The van der Waals surface area contributed by atoms with Gasteiger partial charge in [-0.15, -0.1) is 0 Å². The van der Waals surface area contributed by atoms with Crippen LogP contribution in [0.5, 0.6) is 11.5 Å². The number of carbonyl (C=O) groups is 2. The fourth-order valence-electron chi connectivity index (χ4n) is 2.85. The van der Waals surface area contributed by atoms with Gasteiger partial charge < -0.3 is 14.2 Å². The van der Waals surface area contributed by atoms with E-state index in [9.17, 15) is 19.7 Å². The number of hydrogen-bond donors (Lipinski definition) is 0. The highest BCUT2D eigenvalue weighted by Crippen LogP contribution is 2.39. The summed E-state index contributed by atoms with van der Waals surface area (Å²) in [4.78, 5) is 36.7. The average molecular weight is 600 g/mol. The van der Waals surface area contributed by atoms with Gasteiger partial charge in [-0.25, -0.2) is 4.79 Å². The molecule has 2 aromatic carbocycles. The quantitative estimate of drug-likeness (QED) is 0.108. The minimum atomic E-state index is -0.530. The summed E-state index contributed by atoms with van der Waals surface area (Å²) in [5.74, 6) is -0.107.